The second-order valence-electron chi connectivity index (χ2n) is 4.86. The molecule has 0 aliphatic carbocycles. The third kappa shape index (κ3) is 2.53. The van der Waals surface area contributed by atoms with E-state index in [1.165, 1.54) is 19.7 Å². The Balaban J connectivity index is 1.76. The number of alkyl carbamates (subject to hydrolysis) is 1. The fourth-order valence-corrected chi connectivity index (χ4v) is 2.35. The number of rotatable bonds is 3. The number of ether oxygens (including phenoxy) is 2. The number of anilines is 1. The normalized spacial score (nSPS) is 24.5. The van der Waals surface area contributed by atoms with Gasteiger partial charge in [0.15, 0.2) is 11.5 Å². The molecule has 1 fully saturated rings. The van der Waals surface area contributed by atoms with Crippen LogP contribution in [0.25, 0.3) is 11.2 Å². The molecule has 3 heterocycles. The molecule has 0 aromatic carbocycles. The quantitative estimate of drug-likeness (QED) is 0.684. The van der Waals surface area contributed by atoms with Crippen LogP contribution in [-0.4, -0.2) is 56.6 Å². The van der Waals surface area contributed by atoms with Crippen molar-refractivity contribution in [2.75, 3.05) is 19.4 Å². The van der Waals surface area contributed by atoms with Gasteiger partial charge < -0.3 is 25.6 Å². The van der Waals surface area contributed by atoms with Crippen molar-refractivity contribution < 1.29 is 19.4 Å². The molecule has 0 bridgehead atoms. The van der Waals surface area contributed by atoms with Crippen molar-refractivity contribution in [2.24, 2.45) is 0 Å². The lowest BCUT2D eigenvalue weighted by molar-refractivity contribution is -0.0462. The maximum Gasteiger partial charge on any atom is 0.406 e. The lowest BCUT2D eigenvalue weighted by Crippen LogP contribution is -2.30. The maximum atomic E-state index is 11.1. The van der Waals surface area contributed by atoms with Gasteiger partial charge in [-0.2, -0.15) is 0 Å². The second kappa shape index (κ2) is 5.73. The molecule has 0 radical (unpaired) electrons. The number of nitrogen functional groups attached to an aromatic ring is 1. The second-order valence-corrected chi connectivity index (χ2v) is 4.86. The molecule has 4 N–H and O–H groups in total. The summed E-state index contributed by atoms with van der Waals surface area (Å²) in [6.45, 7) is -0.0406. The summed E-state index contributed by atoms with van der Waals surface area (Å²) in [6, 6.07) is 0. The largest absolute Gasteiger partial charge is 0.447 e. The Morgan fingerprint density at radius 3 is 3.18 bits per heavy atom. The van der Waals surface area contributed by atoms with Crippen molar-refractivity contribution in [2.45, 2.75) is 24.9 Å². The van der Waals surface area contributed by atoms with Crippen molar-refractivity contribution in [1.82, 2.24) is 24.8 Å². The van der Waals surface area contributed by atoms with Crippen molar-refractivity contribution in [1.29, 1.82) is 0 Å². The number of aliphatic hydroxyl groups excluding tert-OH is 1. The minimum atomic E-state index is -0.758. The Labute approximate surface area is 125 Å². The van der Waals surface area contributed by atoms with E-state index in [9.17, 15) is 9.90 Å². The average molecular weight is 308 g/mol. The number of aromatic nitrogens is 4. The average Bonchev–Trinajstić information content (AvgIpc) is 3.09. The highest BCUT2D eigenvalue weighted by molar-refractivity contribution is 5.81. The topological polar surface area (TPSA) is 137 Å². The van der Waals surface area contributed by atoms with Gasteiger partial charge in [0.25, 0.3) is 0 Å². The van der Waals surface area contributed by atoms with Crippen LogP contribution in [0.2, 0.25) is 0 Å². The highest BCUT2D eigenvalue weighted by Gasteiger charge is 2.36. The van der Waals surface area contributed by atoms with E-state index < -0.39 is 24.5 Å². The van der Waals surface area contributed by atoms with Gasteiger partial charge in [0.1, 0.15) is 30.8 Å². The number of hydrogen-bond acceptors (Lipinski definition) is 8. The van der Waals surface area contributed by atoms with E-state index in [2.05, 4.69) is 20.3 Å². The predicted molar refractivity (Wildman–Crippen MR) is 74.7 cm³/mol. The van der Waals surface area contributed by atoms with Crippen LogP contribution in [0.4, 0.5) is 10.6 Å². The summed E-state index contributed by atoms with van der Waals surface area (Å²) < 4.78 is 12.3. The number of nitrogens with one attached hydrogen (secondary N) is 1. The molecule has 2 aromatic heterocycles. The molecule has 0 saturated carbocycles. The molecule has 1 aliphatic rings. The molecule has 3 rings (SSSR count). The van der Waals surface area contributed by atoms with Gasteiger partial charge in [0.05, 0.1) is 12.4 Å². The fraction of sp³-hybridized carbons (Fsp3) is 0.500. The van der Waals surface area contributed by atoms with E-state index in [1.807, 2.05) is 0 Å². The predicted octanol–water partition coefficient (Wildman–Crippen LogP) is -0.587. The van der Waals surface area contributed by atoms with Crippen LogP contribution in [0.3, 0.4) is 0 Å². The molecule has 10 nitrogen and oxygen atoms in total. The van der Waals surface area contributed by atoms with E-state index in [-0.39, 0.29) is 12.4 Å². The molecule has 0 spiro atoms. The standard InChI is InChI=1S/C12H16N6O4/c1-14-12(20)21-3-7-6(19)2-8(22-7)18-5-17-9-10(13)15-4-16-11(9)18/h4-8,19H,2-3H2,1H3,(H,14,20)(H2,13,15,16)/t6-,7+,8+/m0/s1. The number of fused-ring (bicyclic) bond motifs is 1. The van der Waals surface area contributed by atoms with Crippen molar-refractivity contribution in [3.05, 3.63) is 12.7 Å². The van der Waals surface area contributed by atoms with Crippen LogP contribution in [0, 0.1) is 0 Å². The summed E-state index contributed by atoms with van der Waals surface area (Å²) in [5.41, 5.74) is 6.74. The Morgan fingerprint density at radius 2 is 2.41 bits per heavy atom. The smallest absolute Gasteiger partial charge is 0.406 e. The summed E-state index contributed by atoms with van der Waals surface area (Å²) >= 11 is 0. The molecule has 1 aliphatic heterocycles. The zero-order chi connectivity index (χ0) is 15.7. The van der Waals surface area contributed by atoms with Crippen molar-refractivity contribution in [3.8, 4) is 0 Å². The van der Waals surface area contributed by atoms with Crippen LogP contribution in [0.1, 0.15) is 12.6 Å². The zero-order valence-corrected chi connectivity index (χ0v) is 11.8. The molecule has 3 atom stereocenters. The minimum absolute atomic E-state index is 0.0406. The van der Waals surface area contributed by atoms with Gasteiger partial charge in [0.2, 0.25) is 0 Å². The van der Waals surface area contributed by atoms with Gasteiger partial charge in [-0.1, -0.05) is 0 Å². The lowest BCUT2D eigenvalue weighted by atomic mass is 10.2. The third-order valence-corrected chi connectivity index (χ3v) is 3.48. The van der Waals surface area contributed by atoms with E-state index in [1.54, 1.807) is 4.57 Å². The number of nitrogens with zero attached hydrogens (tertiary/aromatic N) is 4. The Morgan fingerprint density at radius 1 is 1.59 bits per heavy atom. The number of aliphatic hydroxyl groups is 1. The first-order valence-corrected chi connectivity index (χ1v) is 6.71. The number of nitrogens with two attached hydrogens (primary N) is 1. The van der Waals surface area contributed by atoms with E-state index in [4.69, 9.17) is 15.2 Å². The number of amides is 1. The van der Waals surface area contributed by atoms with Crippen LogP contribution in [0.15, 0.2) is 12.7 Å². The first kappa shape index (κ1) is 14.5. The van der Waals surface area contributed by atoms with Crippen molar-refractivity contribution in [3.63, 3.8) is 0 Å². The molecule has 0 unspecified atom stereocenters. The maximum absolute atomic E-state index is 11.1. The molecule has 118 valence electrons. The first-order chi connectivity index (χ1) is 10.6. The minimum Gasteiger partial charge on any atom is -0.447 e. The van der Waals surface area contributed by atoms with E-state index in [0.29, 0.717) is 17.6 Å². The molecular formula is C12H16N6O4. The number of carbonyl (C=O) groups is 1. The summed E-state index contributed by atoms with van der Waals surface area (Å²) in [5.74, 6) is 0.279. The van der Waals surface area contributed by atoms with E-state index >= 15 is 0 Å². The summed E-state index contributed by atoms with van der Waals surface area (Å²) in [7, 11) is 1.46. The SMILES string of the molecule is CNC(=O)OC[C@H]1O[C@@H](n2cnc3c(N)ncnc32)C[C@@H]1O. The lowest BCUT2D eigenvalue weighted by Gasteiger charge is -2.15. The van der Waals surface area contributed by atoms with Crippen LogP contribution in [-0.2, 0) is 9.47 Å². The summed E-state index contributed by atoms with van der Waals surface area (Å²) in [6.07, 6.45) is 0.797. The molecule has 1 saturated heterocycles. The van der Waals surface area contributed by atoms with Crippen LogP contribution < -0.4 is 11.1 Å². The van der Waals surface area contributed by atoms with Gasteiger partial charge in [-0.3, -0.25) is 4.57 Å². The third-order valence-electron chi connectivity index (χ3n) is 3.48. The molecule has 2 aromatic rings. The Kier molecular flexibility index (Phi) is 3.77. The first-order valence-electron chi connectivity index (χ1n) is 6.71. The number of imidazole rings is 1. The van der Waals surface area contributed by atoms with Gasteiger partial charge >= 0.3 is 6.09 Å². The van der Waals surface area contributed by atoms with E-state index in [0.717, 1.165) is 0 Å². The van der Waals surface area contributed by atoms with Crippen LogP contribution >= 0.6 is 0 Å². The highest BCUT2D eigenvalue weighted by atomic mass is 16.6. The van der Waals surface area contributed by atoms with Gasteiger partial charge in [-0.15, -0.1) is 0 Å². The van der Waals surface area contributed by atoms with Gasteiger partial charge in [0, 0.05) is 13.5 Å². The zero-order valence-electron chi connectivity index (χ0n) is 11.8. The fourth-order valence-electron chi connectivity index (χ4n) is 2.35. The highest BCUT2D eigenvalue weighted by Crippen LogP contribution is 2.31. The molecule has 1 amide bonds. The summed E-state index contributed by atoms with van der Waals surface area (Å²) in [4.78, 5) is 23.2. The number of carbonyl (C=O) groups excluding carboxylic acids is 1. The monoisotopic (exact) mass is 308 g/mol. The van der Waals surface area contributed by atoms with Gasteiger partial charge in [-0.25, -0.2) is 19.7 Å². The number of hydrogen-bond donors (Lipinski definition) is 3. The summed E-state index contributed by atoms with van der Waals surface area (Å²) in [5, 5.41) is 12.4. The van der Waals surface area contributed by atoms with Crippen LogP contribution in [0.5, 0.6) is 0 Å². The Bertz CT molecular complexity index is 689. The molecular weight excluding hydrogens is 292 g/mol. The van der Waals surface area contributed by atoms with Gasteiger partial charge in [-0.05, 0) is 0 Å². The van der Waals surface area contributed by atoms with Crippen molar-refractivity contribution >= 4 is 23.1 Å². The molecule has 22 heavy (non-hydrogen) atoms. The molecule has 10 heteroatoms. The Hall–Kier alpha value is -2.46.